The van der Waals surface area contributed by atoms with Crippen LogP contribution >= 0.6 is 11.3 Å². The summed E-state index contributed by atoms with van der Waals surface area (Å²) in [6.45, 7) is 6.99. The summed E-state index contributed by atoms with van der Waals surface area (Å²) in [6, 6.07) is 4.30. The van der Waals surface area contributed by atoms with Gasteiger partial charge in [0, 0.05) is 32.7 Å². The Hall–Kier alpha value is -0.620. The molecule has 0 bridgehead atoms. The molecule has 0 spiro atoms. The lowest BCUT2D eigenvalue weighted by molar-refractivity contribution is -0.148. The second kappa shape index (κ2) is 5.17. The van der Waals surface area contributed by atoms with E-state index < -0.39 is 0 Å². The summed E-state index contributed by atoms with van der Waals surface area (Å²) in [4.78, 5) is 4.91. The third kappa shape index (κ3) is 2.40. The summed E-state index contributed by atoms with van der Waals surface area (Å²) in [6.07, 6.45) is 0. The van der Waals surface area contributed by atoms with Crippen molar-refractivity contribution in [3.8, 4) is 0 Å². The molecule has 0 amide bonds. The summed E-state index contributed by atoms with van der Waals surface area (Å²) in [5.74, 6) is 0. The molecule has 2 aliphatic heterocycles. The van der Waals surface area contributed by atoms with E-state index in [0.29, 0.717) is 13.2 Å². The Morgan fingerprint density at radius 1 is 1.28 bits per heavy atom. The Labute approximate surface area is 112 Å². The summed E-state index contributed by atoms with van der Waals surface area (Å²) >= 11 is 1.81. The molecule has 100 valence electrons. The first kappa shape index (κ1) is 12.4. The molecule has 18 heavy (non-hydrogen) atoms. The van der Waals surface area contributed by atoms with Gasteiger partial charge in [-0.25, -0.2) is 0 Å². The zero-order valence-electron chi connectivity index (χ0n) is 10.5. The van der Waals surface area contributed by atoms with E-state index in [1.54, 1.807) is 0 Å². The molecule has 3 rings (SSSR count). The summed E-state index contributed by atoms with van der Waals surface area (Å²) in [7, 11) is 0. The fourth-order valence-corrected chi connectivity index (χ4v) is 3.46. The number of hydrogen-bond acceptors (Lipinski definition) is 5. The Bertz CT molecular complexity index is 365. The molecule has 0 atom stereocenters. The van der Waals surface area contributed by atoms with Gasteiger partial charge < -0.3 is 14.7 Å². The van der Waals surface area contributed by atoms with Crippen molar-refractivity contribution < 1.29 is 9.84 Å². The van der Waals surface area contributed by atoms with Crippen LogP contribution in [0.15, 0.2) is 17.5 Å². The van der Waals surface area contributed by atoms with Crippen molar-refractivity contribution in [1.29, 1.82) is 0 Å². The zero-order chi connectivity index (χ0) is 12.4. The number of nitrogens with zero attached hydrogens (tertiary/aromatic N) is 2. The zero-order valence-corrected chi connectivity index (χ0v) is 11.4. The van der Waals surface area contributed by atoms with Gasteiger partial charge in [0.25, 0.3) is 0 Å². The maximum absolute atomic E-state index is 9.45. The number of anilines is 1. The molecule has 4 nitrogen and oxygen atoms in total. The predicted molar refractivity (Wildman–Crippen MR) is 73.3 cm³/mol. The average molecular weight is 268 g/mol. The van der Waals surface area contributed by atoms with E-state index in [-0.39, 0.29) is 12.0 Å². The number of hydrogen-bond donors (Lipinski definition) is 1. The highest BCUT2D eigenvalue weighted by Crippen LogP contribution is 2.29. The van der Waals surface area contributed by atoms with Gasteiger partial charge in [-0.2, -0.15) is 0 Å². The largest absolute Gasteiger partial charge is 0.396 e. The van der Waals surface area contributed by atoms with Gasteiger partial charge in [0.05, 0.1) is 30.2 Å². The molecule has 1 aromatic heterocycles. The van der Waals surface area contributed by atoms with Crippen LogP contribution in [0, 0.1) is 5.41 Å². The normalized spacial score (nSPS) is 23.9. The van der Waals surface area contributed by atoms with E-state index in [2.05, 4.69) is 27.3 Å². The first-order valence-corrected chi connectivity index (χ1v) is 7.39. The van der Waals surface area contributed by atoms with Gasteiger partial charge >= 0.3 is 0 Å². The second-order valence-electron chi connectivity index (χ2n) is 5.37. The lowest BCUT2D eigenvalue weighted by Crippen LogP contribution is -2.57. The maximum atomic E-state index is 9.45. The van der Waals surface area contributed by atoms with E-state index in [0.717, 1.165) is 32.7 Å². The fourth-order valence-electron chi connectivity index (χ4n) is 2.67. The molecular weight excluding hydrogens is 248 g/mol. The van der Waals surface area contributed by atoms with Crippen molar-refractivity contribution in [2.45, 2.75) is 0 Å². The Morgan fingerprint density at radius 2 is 2.06 bits per heavy atom. The van der Waals surface area contributed by atoms with Crippen LogP contribution in [0.1, 0.15) is 0 Å². The lowest BCUT2D eigenvalue weighted by atomic mass is 9.86. The van der Waals surface area contributed by atoms with Crippen molar-refractivity contribution in [1.82, 2.24) is 4.90 Å². The summed E-state index contributed by atoms with van der Waals surface area (Å²) < 4.78 is 5.26. The van der Waals surface area contributed by atoms with Crippen LogP contribution in [-0.4, -0.2) is 62.6 Å². The number of ether oxygens (including phenoxy) is 1. The molecule has 0 radical (unpaired) electrons. The van der Waals surface area contributed by atoms with Gasteiger partial charge in [0.2, 0.25) is 0 Å². The number of aliphatic hydroxyl groups excluding tert-OH is 1. The molecule has 1 aromatic rings. The number of rotatable bonds is 4. The standard InChI is InChI=1S/C13H20N2O2S/c16-9-13(10-17-11-13)8-14-3-5-15(6-4-14)12-2-1-7-18-12/h1-2,7,16H,3-6,8-11H2. The van der Waals surface area contributed by atoms with Crippen LogP contribution in [0.2, 0.25) is 0 Å². The molecule has 5 heteroatoms. The van der Waals surface area contributed by atoms with Crippen LogP contribution < -0.4 is 4.90 Å². The van der Waals surface area contributed by atoms with Gasteiger partial charge in [-0.15, -0.1) is 11.3 Å². The fraction of sp³-hybridized carbons (Fsp3) is 0.692. The minimum atomic E-state index is 0.0190. The number of piperazine rings is 1. The van der Waals surface area contributed by atoms with Gasteiger partial charge in [-0.05, 0) is 17.5 Å². The van der Waals surface area contributed by atoms with Crippen molar-refractivity contribution in [2.24, 2.45) is 5.41 Å². The van der Waals surface area contributed by atoms with Gasteiger partial charge in [0.1, 0.15) is 0 Å². The third-order valence-electron chi connectivity index (χ3n) is 3.90. The first-order chi connectivity index (χ1) is 8.81. The highest BCUT2D eigenvalue weighted by Gasteiger charge is 2.40. The predicted octanol–water partition coefficient (Wildman–Crippen LogP) is 0.879. The monoisotopic (exact) mass is 268 g/mol. The van der Waals surface area contributed by atoms with E-state index >= 15 is 0 Å². The maximum Gasteiger partial charge on any atom is 0.0909 e. The molecule has 0 aliphatic carbocycles. The van der Waals surface area contributed by atoms with Crippen molar-refractivity contribution in [3.63, 3.8) is 0 Å². The van der Waals surface area contributed by atoms with Crippen LogP contribution in [0.3, 0.4) is 0 Å². The topological polar surface area (TPSA) is 35.9 Å². The molecule has 2 fully saturated rings. The van der Waals surface area contributed by atoms with E-state index in [1.807, 2.05) is 11.3 Å². The highest BCUT2D eigenvalue weighted by atomic mass is 32.1. The van der Waals surface area contributed by atoms with E-state index in [4.69, 9.17) is 4.74 Å². The quantitative estimate of drug-likeness (QED) is 0.879. The Morgan fingerprint density at radius 3 is 2.56 bits per heavy atom. The summed E-state index contributed by atoms with van der Waals surface area (Å²) in [5, 5.41) is 13.0. The molecule has 2 aliphatic rings. The summed E-state index contributed by atoms with van der Waals surface area (Å²) in [5.41, 5.74) is 0.0190. The third-order valence-corrected chi connectivity index (χ3v) is 4.83. The van der Waals surface area contributed by atoms with Crippen LogP contribution in [0.4, 0.5) is 5.00 Å². The van der Waals surface area contributed by atoms with Crippen LogP contribution in [0.5, 0.6) is 0 Å². The average Bonchev–Trinajstić information content (AvgIpc) is 2.88. The number of thiophene rings is 1. The smallest absolute Gasteiger partial charge is 0.0909 e. The molecule has 3 heterocycles. The minimum Gasteiger partial charge on any atom is -0.396 e. The molecule has 0 unspecified atom stereocenters. The molecule has 1 N–H and O–H groups in total. The highest BCUT2D eigenvalue weighted by molar-refractivity contribution is 7.14. The Kier molecular flexibility index (Phi) is 3.56. The van der Waals surface area contributed by atoms with Gasteiger partial charge in [-0.1, -0.05) is 0 Å². The molecule has 2 saturated heterocycles. The van der Waals surface area contributed by atoms with Crippen molar-refractivity contribution >= 4 is 16.3 Å². The number of aliphatic hydroxyl groups is 1. The Balaban J connectivity index is 1.51. The first-order valence-electron chi connectivity index (χ1n) is 6.51. The second-order valence-corrected chi connectivity index (χ2v) is 6.29. The van der Waals surface area contributed by atoms with E-state index in [1.165, 1.54) is 5.00 Å². The van der Waals surface area contributed by atoms with Gasteiger partial charge in [0.15, 0.2) is 0 Å². The molecule has 0 saturated carbocycles. The SMILES string of the molecule is OCC1(CN2CCN(c3cccs3)CC2)COC1. The molecular formula is C13H20N2O2S. The molecule has 0 aromatic carbocycles. The van der Waals surface area contributed by atoms with E-state index in [9.17, 15) is 5.11 Å². The van der Waals surface area contributed by atoms with Crippen molar-refractivity contribution in [2.75, 3.05) is 57.4 Å². The van der Waals surface area contributed by atoms with Crippen LogP contribution in [0.25, 0.3) is 0 Å². The van der Waals surface area contributed by atoms with Gasteiger partial charge in [-0.3, -0.25) is 4.90 Å². The van der Waals surface area contributed by atoms with Crippen LogP contribution in [-0.2, 0) is 4.74 Å². The van der Waals surface area contributed by atoms with Crippen molar-refractivity contribution in [3.05, 3.63) is 17.5 Å². The minimum absolute atomic E-state index is 0.0190. The lowest BCUT2D eigenvalue weighted by Gasteiger charge is -2.45.